The highest BCUT2D eigenvalue weighted by Crippen LogP contribution is 2.59. The molecule has 0 amide bonds. The highest BCUT2D eigenvalue weighted by molar-refractivity contribution is 7.19. The van der Waals surface area contributed by atoms with Crippen molar-refractivity contribution >= 4 is 32.9 Å². The second kappa shape index (κ2) is 5.76. The quantitative estimate of drug-likeness (QED) is 0.562. The monoisotopic (exact) mass is 371 g/mol. The maximum atomic E-state index is 4.84. The Bertz CT molecular complexity index is 1170. The third kappa shape index (κ3) is 2.26. The molecule has 3 heterocycles. The van der Waals surface area contributed by atoms with E-state index in [0.29, 0.717) is 11.9 Å². The van der Waals surface area contributed by atoms with Gasteiger partial charge in [0.1, 0.15) is 10.6 Å². The average molecular weight is 371 g/mol. The summed E-state index contributed by atoms with van der Waals surface area (Å²) in [5.41, 5.74) is 4.10. The van der Waals surface area contributed by atoms with Crippen molar-refractivity contribution in [3.05, 3.63) is 70.9 Å². The zero-order valence-electron chi connectivity index (χ0n) is 14.6. The minimum atomic E-state index is 0.614. The maximum Gasteiger partial charge on any atom is 0.253 e. The maximum absolute atomic E-state index is 4.84. The molecule has 6 heteroatoms. The Hall–Kier alpha value is -2.99. The third-order valence-electron chi connectivity index (χ3n) is 5.38. The lowest BCUT2D eigenvalue weighted by Gasteiger charge is -2.26. The minimum Gasteiger partial charge on any atom is -0.365 e. The van der Waals surface area contributed by atoms with Crippen LogP contribution in [-0.4, -0.2) is 19.7 Å². The van der Waals surface area contributed by atoms with E-state index < -0.39 is 0 Å². The van der Waals surface area contributed by atoms with Crippen LogP contribution in [0.1, 0.15) is 34.8 Å². The fourth-order valence-corrected chi connectivity index (χ4v) is 5.46. The number of thiophene rings is 1. The lowest BCUT2D eigenvalue weighted by molar-refractivity contribution is 0.797. The van der Waals surface area contributed by atoms with Crippen LogP contribution in [0.5, 0.6) is 0 Å². The van der Waals surface area contributed by atoms with E-state index in [0.717, 1.165) is 17.2 Å². The molecule has 2 aliphatic rings. The molecule has 27 heavy (non-hydrogen) atoms. The van der Waals surface area contributed by atoms with Gasteiger partial charge in [0, 0.05) is 35.3 Å². The molecule has 5 nitrogen and oxygen atoms in total. The number of anilines is 1. The summed E-state index contributed by atoms with van der Waals surface area (Å²) in [7, 11) is 0. The summed E-state index contributed by atoms with van der Waals surface area (Å²) in [5, 5.41) is 9.05. The number of fused-ring (bicyclic) bond motifs is 6. The zero-order valence-corrected chi connectivity index (χ0v) is 15.4. The summed E-state index contributed by atoms with van der Waals surface area (Å²) in [4.78, 5) is 12.2. The number of hydrogen-bond donors (Lipinski definition) is 1. The van der Waals surface area contributed by atoms with Crippen molar-refractivity contribution in [3.8, 4) is 5.95 Å². The Morgan fingerprint density at radius 3 is 2.93 bits per heavy atom. The van der Waals surface area contributed by atoms with Crippen molar-refractivity contribution in [2.75, 3.05) is 5.32 Å². The molecule has 0 radical (unpaired) electrons. The summed E-state index contributed by atoms with van der Waals surface area (Å²) < 4.78 is 1.73. The Balaban J connectivity index is 1.50. The van der Waals surface area contributed by atoms with Crippen molar-refractivity contribution in [2.24, 2.45) is 0 Å². The largest absolute Gasteiger partial charge is 0.365 e. The molecule has 132 valence electrons. The predicted octanol–water partition coefficient (Wildman–Crippen LogP) is 4.76. The second-order valence-corrected chi connectivity index (χ2v) is 8.00. The van der Waals surface area contributed by atoms with Crippen LogP contribution in [0.2, 0.25) is 0 Å². The van der Waals surface area contributed by atoms with Gasteiger partial charge in [-0.3, -0.25) is 0 Å². The van der Waals surface area contributed by atoms with E-state index in [1.54, 1.807) is 10.9 Å². The molecule has 1 atom stereocenters. The summed E-state index contributed by atoms with van der Waals surface area (Å²) in [6, 6.07) is 12.3. The number of hydrogen-bond acceptors (Lipinski definition) is 5. The van der Waals surface area contributed by atoms with E-state index in [1.165, 1.54) is 39.8 Å². The summed E-state index contributed by atoms with van der Waals surface area (Å²) in [6.45, 7) is 0.735. The van der Waals surface area contributed by atoms with Gasteiger partial charge in [-0.05, 0) is 30.0 Å². The van der Waals surface area contributed by atoms with Gasteiger partial charge >= 0.3 is 0 Å². The molecular weight excluding hydrogens is 354 g/mol. The van der Waals surface area contributed by atoms with Gasteiger partial charge in [-0.15, -0.1) is 11.3 Å². The second-order valence-electron chi connectivity index (χ2n) is 6.97. The first-order valence-corrected chi connectivity index (χ1v) is 10.0. The van der Waals surface area contributed by atoms with Crippen LogP contribution in [0.15, 0.2) is 54.9 Å². The van der Waals surface area contributed by atoms with Crippen LogP contribution in [0.3, 0.4) is 0 Å². The first kappa shape index (κ1) is 15.1. The number of nitrogens with one attached hydrogen (secondary N) is 1. The van der Waals surface area contributed by atoms with Crippen LogP contribution < -0.4 is 5.32 Å². The third-order valence-corrected chi connectivity index (χ3v) is 6.58. The van der Waals surface area contributed by atoms with E-state index in [9.17, 15) is 0 Å². The van der Waals surface area contributed by atoms with Crippen molar-refractivity contribution in [1.82, 2.24) is 19.7 Å². The lowest BCUT2D eigenvalue weighted by Crippen LogP contribution is -2.11. The molecule has 0 saturated carbocycles. The molecular formula is C21H17N5S. The van der Waals surface area contributed by atoms with Gasteiger partial charge in [0.15, 0.2) is 0 Å². The van der Waals surface area contributed by atoms with Gasteiger partial charge in [0.2, 0.25) is 0 Å². The average Bonchev–Trinajstić information content (AvgIpc) is 3.42. The SMILES string of the molecule is C1=C2c3c(sc4nc(-n5cccn5)nc(NCc5ccccc5)c34)C2CC1. The molecule has 1 N–H and O–H groups in total. The van der Waals surface area contributed by atoms with Crippen LogP contribution in [0, 0.1) is 0 Å². The fourth-order valence-electron chi connectivity index (χ4n) is 4.11. The highest BCUT2D eigenvalue weighted by Gasteiger charge is 2.39. The van der Waals surface area contributed by atoms with Gasteiger partial charge in [-0.1, -0.05) is 36.4 Å². The van der Waals surface area contributed by atoms with E-state index >= 15 is 0 Å². The molecule has 0 aliphatic heterocycles. The Labute approximate surface area is 160 Å². The fraction of sp³-hybridized carbons (Fsp3) is 0.190. The van der Waals surface area contributed by atoms with Crippen molar-refractivity contribution < 1.29 is 0 Å². The summed E-state index contributed by atoms with van der Waals surface area (Å²) in [6.07, 6.45) is 8.45. The van der Waals surface area contributed by atoms with Crippen LogP contribution in [0.4, 0.5) is 5.82 Å². The number of aromatic nitrogens is 4. The normalized spacial score (nSPS) is 17.3. The smallest absolute Gasteiger partial charge is 0.253 e. The van der Waals surface area contributed by atoms with Gasteiger partial charge in [-0.2, -0.15) is 15.1 Å². The van der Waals surface area contributed by atoms with Crippen LogP contribution in [0.25, 0.3) is 21.7 Å². The van der Waals surface area contributed by atoms with E-state index in [2.05, 4.69) is 40.8 Å². The first-order valence-electron chi connectivity index (χ1n) is 9.21. The first-order chi connectivity index (χ1) is 13.4. The van der Waals surface area contributed by atoms with Gasteiger partial charge in [-0.25, -0.2) is 4.68 Å². The Morgan fingerprint density at radius 2 is 2.07 bits per heavy atom. The topological polar surface area (TPSA) is 55.6 Å². The Kier molecular flexibility index (Phi) is 3.22. The minimum absolute atomic E-state index is 0.614. The predicted molar refractivity (Wildman–Crippen MR) is 108 cm³/mol. The molecule has 0 fully saturated rings. The molecule has 3 aromatic heterocycles. The number of allylic oxidation sites excluding steroid dienone is 2. The van der Waals surface area contributed by atoms with E-state index in [4.69, 9.17) is 9.97 Å². The molecule has 0 spiro atoms. The molecule has 0 bridgehead atoms. The van der Waals surface area contributed by atoms with E-state index in [-0.39, 0.29) is 0 Å². The standard InChI is InChI=1S/C21H17N5S/c1-2-6-13(7-3-1)12-22-19-17-16-14-8-4-9-15(14)18(16)27-20(17)25-21(24-19)26-11-5-10-23-26/h1-3,5-8,10-11,15H,4,9,12H2,(H,22,24,25). The molecule has 0 saturated heterocycles. The lowest BCUT2D eigenvalue weighted by atomic mass is 9.80. The highest BCUT2D eigenvalue weighted by atomic mass is 32.1. The van der Waals surface area contributed by atoms with Crippen molar-refractivity contribution in [3.63, 3.8) is 0 Å². The number of benzene rings is 1. The molecule has 2 aliphatic carbocycles. The van der Waals surface area contributed by atoms with Crippen molar-refractivity contribution in [1.29, 1.82) is 0 Å². The van der Waals surface area contributed by atoms with E-state index in [1.807, 2.05) is 29.7 Å². The van der Waals surface area contributed by atoms with Gasteiger partial charge in [0.05, 0.1) is 5.39 Å². The summed E-state index contributed by atoms with van der Waals surface area (Å²) in [5.74, 6) is 2.14. The molecule has 1 aromatic carbocycles. The van der Waals surface area contributed by atoms with Crippen LogP contribution in [-0.2, 0) is 6.54 Å². The zero-order chi connectivity index (χ0) is 17.8. The summed E-state index contributed by atoms with van der Waals surface area (Å²) >= 11 is 1.82. The molecule has 4 aromatic rings. The Morgan fingerprint density at radius 1 is 1.15 bits per heavy atom. The van der Waals surface area contributed by atoms with Gasteiger partial charge in [0.25, 0.3) is 5.95 Å². The van der Waals surface area contributed by atoms with Crippen LogP contribution >= 0.6 is 11.3 Å². The van der Waals surface area contributed by atoms with Gasteiger partial charge < -0.3 is 5.32 Å². The van der Waals surface area contributed by atoms with Crippen molar-refractivity contribution in [2.45, 2.75) is 25.3 Å². The molecule has 6 rings (SSSR count). The number of nitrogens with zero attached hydrogens (tertiary/aromatic N) is 4. The molecule has 1 unspecified atom stereocenters. The number of rotatable bonds is 4.